The first-order chi connectivity index (χ1) is 16.2. The summed E-state index contributed by atoms with van der Waals surface area (Å²) >= 11 is 0. The fourth-order valence-electron chi connectivity index (χ4n) is 4.10. The molecule has 4 aromatic rings. The number of fused-ring (bicyclic) bond motifs is 1. The van der Waals surface area contributed by atoms with Gasteiger partial charge in [0, 0.05) is 56.3 Å². The first-order valence-electron chi connectivity index (χ1n) is 11.3. The standard InChI is InChI=1S/C24H26FN7O/c25-19-7-12-31(13-8-19)23-16-20(18-5-2-1-3-6-18)28-22-15-21(29-32(22)23)24(33)27-9-4-11-30-14-10-26-17-30/h1-3,5-6,10,14-17,19H,4,7-9,11-13H2,(H,27,33). The highest BCUT2D eigenvalue weighted by Gasteiger charge is 2.23. The molecule has 5 rings (SSSR count). The van der Waals surface area contributed by atoms with E-state index in [0.29, 0.717) is 43.8 Å². The molecule has 1 fully saturated rings. The molecule has 0 aliphatic carbocycles. The second-order valence-electron chi connectivity index (χ2n) is 8.24. The van der Waals surface area contributed by atoms with Crippen molar-refractivity contribution in [2.45, 2.75) is 32.0 Å². The minimum absolute atomic E-state index is 0.235. The van der Waals surface area contributed by atoms with Crippen LogP contribution in [0, 0.1) is 0 Å². The van der Waals surface area contributed by atoms with Crippen LogP contribution in [0.3, 0.4) is 0 Å². The van der Waals surface area contributed by atoms with E-state index in [1.54, 1.807) is 23.1 Å². The number of rotatable bonds is 7. The van der Waals surface area contributed by atoms with Gasteiger partial charge in [0.15, 0.2) is 11.3 Å². The molecule has 0 atom stereocenters. The average molecular weight is 448 g/mol. The van der Waals surface area contributed by atoms with Crippen molar-refractivity contribution in [2.75, 3.05) is 24.5 Å². The van der Waals surface area contributed by atoms with Crippen molar-refractivity contribution in [1.29, 1.82) is 0 Å². The topological polar surface area (TPSA) is 80.4 Å². The van der Waals surface area contributed by atoms with E-state index in [-0.39, 0.29) is 5.91 Å². The highest BCUT2D eigenvalue weighted by Crippen LogP contribution is 2.27. The number of carbonyl (C=O) groups excluding carboxylic acids is 1. The van der Waals surface area contributed by atoms with Gasteiger partial charge >= 0.3 is 0 Å². The summed E-state index contributed by atoms with van der Waals surface area (Å²) in [6.45, 7) is 2.51. The van der Waals surface area contributed by atoms with Crippen molar-refractivity contribution >= 4 is 17.4 Å². The van der Waals surface area contributed by atoms with Crippen LogP contribution >= 0.6 is 0 Å². The number of nitrogens with one attached hydrogen (secondary N) is 1. The summed E-state index contributed by atoms with van der Waals surface area (Å²) in [6.07, 6.45) is 6.37. The molecule has 1 aliphatic heterocycles. The maximum Gasteiger partial charge on any atom is 0.271 e. The van der Waals surface area contributed by atoms with Crippen LogP contribution < -0.4 is 10.2 Å². The normalized spacial score (nSPS) is 14.6. The second-order valence-corrected chi connectivity index (χ2v) is 8.24. The Labute approximate surface area is 191 Å². The zero-order chi connectivity index (χ0) is 22.6. The predicted octanol–water partition coefficient (Wildman–Crippen LogP) is 3.35. The largest absolute Gasteiger partial charge is 0.356 e. The lowest BCUT2D eigenvalue weighted by Gasteiger charge is -2.30. The van der Waals surface area contributed by atoms with Crippen molar-refractivity contribution in [2.24, 2.45) is 0 Å². The molecule has 1 aliphatic rings. The molecule has 170 valence electrons. The van der Waals surface area contributed by atoms with Crippen molar-refractivity contribution in [3.05, 3.63) is 66.9 Å². The first-order valence-corrected chi connectivity index (χ1v) is 11.3. The summed E-state index contributed by atoms with van der Waals surface area (Å²) in [5.74, 6) is 0.589. The Hall–Kier alpha value is -3.75. The van der Waals surface area contributed by atoms with Crippen LogP contribution in [-0.2, 0) is 6.54 Å². The number of halogens is 1. The molecule has 0 saturated carbocycles. The van der Waals surface area contributed by atoms with E-state index in [0.717, 1.165) is 30.0 Å². The van der Waals surface area contributed by atoms with Crippen LogP contribution in [-0.4, -0.2) is 55.9 Å². The summed E-state index contributed by atoms with van der Waals surface area (Å²) in [5.41, 5.74) is 2.69. The van der Waals surface area contributed by atoms with Crippen LogP contribution in [0.1, 0.15) is 29.8 Å². The van der Waals surface area contributed by atoms with Gasteiger partial charge in [0.05, 0.1) is 12.0 Å². The van der Waals surface area contributed by atoms with E-state index in [9.17, 15) is 9.18 Å². The average Bonchev–Trinajstić information content (AvgIpc) is 3.52. The predicted molar refractivity (Wildman–Crippen MR) is 124 cm³/mol. The third-order valence-electron chi connectivity index (χ3n) is 5.90. The Bertz CT molecular complexity index is 1210. The number of hydrogen-bond donors (Lipinski definition) is 1. The molecule has 0 bridgehead atoms. The summed E-state index contributed by atoms with van der Waals surface area (Å²) < 4.78 is 17.4. The van der Waals surface area contributed by atoms with Gasteiger partial charge in [-0.2, -0.15) is 9.61 Å². The third kappa shape index (κ3) is 4.72. The van der Waals surface area contributed by atoms with Gasteiger partial charge in [-0.15, -0.1) is 0 Å². The SMILES string of the molecule is O=C(NCCCn1ccnc1)c1cc2nc(-c3ccccc3)cc(N3CCC(F)CC3)n2n1. The lowest BCUT2D eigenvalue weighted by molar-refractivity contribution is 0.0947. The van der Waals surface area contributed by atoms with E-state index in [4.69, 9.17) is 4.98 Å². The summed E-state index contributed by atoms with van der Waals surface area (Å²) in [4.78, 5) is 23.7. The van der Waals surface area contributed by atoms with Gasteiger partial charge < -0.3 is 14.8 Å². The molecule has 0 spiro atoms. The molecule has 1 amide bonds. The molecular formula is C24H26FN7O. The lowest BCUT2D eigenvalue weighted by atomic mass is 10.1. The van der Waals surface area contributed by atoms with Crippen molar-refractivity contribution in [3.63, 3.8) is 0 Å². The molecule has 0 unspecified atom stereocenters. The zero-order valence-electron chi connectivity index (χ0n) is 18.3. The smallest absolute Gasteiger partial charge is 0.271 e. The molecule has 1 saturated heterocycles. The minimum Gasteiger partial charge on any atom is -0.356 e. The molecule has 4 heterocycles. The number of hydrogen-bond acceptors (Lipinski definition) is 5. The summed E-state index contributed by atoms with van der Waals surface area (Å²) in [6, 6.07) is 13.6. The number of piperidine rings is 1. The van der Waals surface area contributed by atoms with E-state index in [1.807, 2.05) is 47.2 Å². The third-order valence-corrected chi connectivity index (χ3v) is 5.90. The van der Waals surface area contributed by atoms with Crippen molar-refractivity contribution in [3.8, 4) is 11.3 Å². The number of carbonyl (C=O) groups is 1. The minimum atomic E-state index is -0.770. The first kappa shape index (κ1) is 21.1. The Balaban J connectivity index is 1.40. The molecular weight excluding hydrogens is 421 g/mol. The quantitative estimate of drug-likeness (QED) is 0.440. The lowest BCUT2D eigenvalue weighted by Crippen LogP contribution is -2.35. The Morgan fingerprint density at radius 2 is 1.97 bits per heavy atom. The van der Waals surface area contributed by atoms with Gasteiger partial charge in [-0.3, -0.25) is 4.79 Å². The number of nitrogens with zero attached hydrogens (tertiary/aromatic N) is 6. The number of benzene rings is 1. The number of aryl methyl sites for hydroxylation is 1. The monoisotopic (exact) mass is 447 g/mol. The van der Waals surface area contributed by atoms with Gasteiger partial charge in [0.25, 0.3) is 5.91 Å². The maximum atomic E-state index is 13.8. The van der Waals surface area contributed by atoms with Crippen LogP contribution in [0.4, 0.5) is 10.2 Å². The highest BCUT2D eigenvalue weighted by atomic mass is 19.1. The van der Waals surface area contributed by atoms with Crippen molar-refractivity contribution < 1.29 is 9.18 Å². The fourth-order valence-corrected chi connectivity index (χ4v) is 4.10. The molecule has 0 radical (unpaired) electrons. The Morgan fingerprint density at radius 3 is 2.73 bits per heavy atom. The van der Waals surface area contributed by atoms with E-state index >= 15 is 0 Å². The van der Waals surface area contributed by atoms with Crippen LogP contribution in [0.15, 0.2) is 61.2 Å². The number of aromatic nitrogens is 5. The Morgan fingerprint density at radius 1 is 1.15 bits per heavy atom. The number of amides is 1. The fraction of sp³-hybridized carbons (Fsp3) is 0.333. The molecule has 33 heavy (non-hydrogen) atoms. The van der Waals surface area contributed by atoms with Crippen molar-refractivity contribution in [1.82, 2.24) is 29.5 Å². The van der Waals surface area contributed by atoms with Crippen LogP contribution in [0.2, 0.25) is 0 Å². The zero-order valence-corrected chi connectivity index (χ0v) is 18.3. The summed E-state index contributed by atoms with van der Waals surface area (Å²) in [5, 5.41) is 7.50. The number of alkyl halides is 1. The van der Waals surface area contributed by atoms with Gasteiger partial charge in [-0.1, -0.05) is 30.3 Å². The molecule has 1 aromatic carbocycles. The maximum absolute atomic E-state index is 13.8. The van der Waals surface area contributed by atoms with E-state index in [2.05, 4.69) is 20.3 Å². The Kier molecular flexibility index (Phi) is 6.01. The van der Waals surface area contributed by atoms with Crippen LogP contribution in [0.25, 0.3) is 16.9 Å². The van der Waals surface area contributed by atoms with Gasteiger partial charge in [0.2, 0.25) is 0 Å². The summed E-state index contributed by atoms with van der Waals surface area (Å²) in [7, 11) is 0. The molecule has 1 N–H and O–H groups in total. The number of imidazole rings is 1. The van der Waals surface area contributed by atoms with E-state index < -0.39 is 6.17 Å². The highest BCUT2D eigenvalue weighted by molar-refractivity contribution is 5.93. The van der Waals surface area contributed by atoms with Crippen LogP contribution in [0.5, 0.6) is 0 Å². The number of anilines is 1. The molecule has 9 heteroatoms. The second kappa shape index (κ2) is 9.40. The van der Waals surface area contributed by atoms with Gasteiger partial charge in [-0.05, 0) is 19.3 Å². The van der Waals surface area contributed by atoms with Gasteiger partial charge in [0.1, 0.15) is 12.0 Å². The molecule has 3 aromatic heterocycles. The van der Waals surface area contributed by atoms with E-state index in [1.165, 1.54) is 0 Å². The molecule has 8 nitrogen and oxygen atoms in total. The van der Waals surface area contributed by atoms with Gasteiger partial charge in [-0.25, -0.2) is 14.4 Å².